The number of amides is 1. The van der Waals surface area contributed by atoms with Gasteiger partial charge in [0.05, 0.1) is 12.7 Å². The molecule has 2 aromatic carbocycles. The summed E-state index contributed by atoms with van der Waals surface area (Å²) in [6, 6.07) is 11.4. The second kappa shape index (κ2) is 8.43. The zero-order valence-electron chi connectivity index (χ0n) is 15.1. The minimum atomic E-state index is -0.601. The molecule has 1 amide bonds. The lowest BCUT2D eigenvalue weighted by Gasteiger charge is -2.24. The van der Waals surface area contributed by atoms with Gasteiger partial charge in [0, 0.05) is 17.9 Å². The maximum absolute atomic E-state index is 14.1. The lowest BCUT2D eigenvalue weighted by atomic mass is 10.1. The number of carbonyl (C=O) groups is 2. The molecule has 142 valence electrons. The van der Waals surface area contributed by atoms with Gasteiger partial charge in [-0.3, -0.25) is 4.79 Å². The fourth-order valence-corrected chi connectivity index (χ4v) is 4.20. The van der Waals surface area contributed by atoms with E-state index in [2.05, 4.69) is 0 Å². The van der Waals surface area contributed by atoms with Gasteiger partial charge in [-0.15, -0.1) is 11.8 Å². The Morgan fingerprint density at radius 3 is 2.78 bits per heavy atom. The first-order chi connectivity index (χ1) is 13.0. The standard InChI is InChI=1S/C20H20FNO4S/c1-13-7-8-14(11-17(13)25-2)20(24)26-12-18(23)22-9-10-27-19(22)15-5-3-4-6-16(15)21/h3-8,11,19H,9-10,12H2,1-2H3/t19-/m1/s1. The fourth-order valence-electron chi connectivity index (χ4n) is 2.90. The zero-order chi connectivity index (χ0) is 19.4. The molecule has 1 aliphatic rings. The van der Waals surface area contributed by atoms with Crippen LogP contribution in [0.25, 0.3) is 0 Å². The van der Waals surface area contributed by atoms with E-state index in [1.165, 1.54) is 24.9 Å². The molecule has 0 aliphatic carbocycles. The minimum absolute atomic E-state index is 0.312. The molecular weight excluding hydrogens is 369 g/mol. The number of esters is 1. The second-order valence-electron chi connectivity index (χ2n) is 6.09. The number of carbonyl (C=O) groups excluding carboxylic acids is 2. The summed E-state index contributed by atoms with van der Waals surface area (Å²) in [7, 11) is 1.52. The third-order valence-electron chi connectivity index (χ3n) is 4.35. The van der Waals surface area contributed by atoms with E-state index in [1.807, 2.05) is 6.92 Å². The second-order valence-corrected chi connectivity index (χ2v) is 7.28. The van der Waals surface area contributed by atoms with E-state index in [-0.39, 0.29) is 18.3 Å². The van der Waals surface area contributed by atoms with Gasteiger partial charge >= 0.3 is 5.97 Å². The highest BCUT2D eigenvalue weighted by Gasteiger charge is 2.32. The minimum Gasteiger partial charge on any atom is -0.496 e. The van der Waals surface area contributed by atoms with E-state index in [0.717, 1.165) is 5.56 Å². The van der Waals surface area contributed by atoms with Gasteiger partial charge in [-0.25, -0.2) is 9.18 Å². The van der Waals surface area contributed by atoms with Gasteiger partial charge in [-0.2, -0.15) is 0 Å². The Morgan fingerprint density at radius 2 is 2.04 bits per heavy atom. The van der Waals surface area contributed by atoms with E-state index in [9.17, 15) is 14.0 Å². The first kappa shape index (κ1) is 19.2. The van der Waals surface area contributed by atoms with Gasteiger partial charge in [0.1, 0.15) is 16.9 Å². The predicted molar refractivity (Wildman–Crippen MR) is 101 cm³/mol. The van der Waals surface area contributed by atoms with E-state index in [0.29, 0.717) is 29.2 Å². The topological polar surface area (TPSA) is 55.8 Å². The van der Waals surface area contributed by atoms with Gasteiger partial charge in [0.2, 0.25) is 0 Å². The third kappa shape index (κ3) is 4.24. The van der Waals surface area contributed by atoms with Crippen molar-refractivity contribution in [3.05, 3.63) is 65.0 Å². The molecule has 7 heteroatoms. The molecule has 1 aliphatic heterocycles. The Kier molecular flexibility index (Phi) is 6.01. The van der Waals surface area contributed by atoms with E-state index in [4.69, 9.17) is 9.47 Å². The molecule has 1 atom stereocenters. The number of methoxy groups -OCH3 is 1. The van der Waals surface area contributed by atoms with E-state index >= 15 is 0 Å². The van der Waals surface area contributed by atoms with E-state index < -0.39 is 11.3 Å². The van der Waals surface area contributed by atoms with Crippen LogP contribution in [-0.4, -0.2) is 42.8 Å². The normalized spacial score (nSPS) is 16.3. The molecule has 2 aromatic rings. The highest BCUT2D eigenvalue weighted by molar-refractivity contribution is 7.99. The molecule has 27 heavy (non-hydrogen) atoms. The predicted octanol–water partition coefficient (Wildman–Crippen LogP) is 3.57. The highest BCUT2D eigenvalue weighted by Crippen LogP contribution is 2.38. The molecule has 0 aromatic heterocycles. The molecule has 0 N–H and O–H groups in total. The average Bonchev–Trinajstić information content (AvgIpc) is 3.16. The van der Waals surface area contributed by atoms with Crippen LogP contribution in [0.2, 0.25) is 0 Å². The van der Waals surface area contributed by atoms with Crippen LogP contribution in [0.1, 0.15) is 26.9 Å². The van der Waals surface area contributed by atoms with Crippen LogP contribution in [-0.2, 0) is 9.53 Å². The number of aryl methyl sites for hydroxylation is 1. The molecule has 1 saturated heterocycles. The Hall–Kier alpha value is -2.54. The number of hydrogen-bond donors (Lipinski definition) is 0. The largest absolute Gasteiger partial charge is 0.496 e. The van der Waals surface area contributed by atoms with Crippen LogP contribution >= 0.6 is 11.8 Å². The van der Waals surface area contributed by atoms with Crippen LogP contribution in [0.4, 0.5) is 4.39 Å². The maximum Gasteiger partial charge on any atom is 0.338 e. The first-order valence-electron chi connectivity index (χ1n) is 8.48. The molecule has 0 radical (unpaired) electrons. The Labute approximate surface area is 161 Å². The summed E-state index contributed by atoms with van der Waals surface area (Å²) in [6.07, 6.45) is 0. The number of benzene rings is 2. The Bertz CT molecular complexity index is 858. The number of halogens is 1. The monoisotopic (exact) mass is 389 g/mol. The molecule has 1 fully saturated rings. The Morgan fingerprint density at radius 1 is 1.26 bits per heavy atom. The van der Waals surface area contributed by atoms with Gasteiger partial charge in [-0.05, 0) is 30.7 Å². The number of thioether (sulfide) groups is 1. The summed E-state index contributed by atoms with van der Waals surface area (Å²) in [4.78, 5) is 26.3. The molecule has 0 spiro atoms. The quantitative estimate of drug-likeness (QED) is 0.732. The molecule has 1 heterocycles. The number of ether oxygens (including phenoxy) is 2. The van der Waals surface area contributed by atoms with Crippen molar-refractivity contribution in [3.63, 3.8) is 0 Å². The van der Waals surface area contributed by atoms with E-state index in [1.54, 1.807) is 41.3 Å². The lowest BCUT2D eigenvalue weighted by Crippen LogP contribution is -2.34. The van der Waals surface area contributed by atoms with Crippen molar-refractivity contribution in [1.82, 2.24) is 4.90 Å². The maximum atomic E-state index is 14.1. The van der Waals surface area contributed by atoms with Gasteiger partial charge in [0.25, 0.3) is 5.91 Å². The summed E-state index contributed by atoms with van der Waals surface area (Å²) in [5, 5.41) is -0.406. The van der Waals surface area contributed by atoms with Crippen LogP contribution in [0.3, 0.4) is 0 Å². The van der Waals surface area contributed by atoms with Crippen LogP contribution in [0.5, 0.6) is 5.75 Å². The van der Waals surface area contributed by atoms with Crippen molar-refractivity contribution in [2.75, 3.05) is 26.0 Å². The molecule has 0 bridgehead atoms. The van der Waals surface area contributed by atoms with Crippen molar-refractivity contribution in [2.24, 2.45) is 0 Å². The van der Waals surface area contributed by atoms with Gasteiger partial charge in [0.15, 0.2) is 6.61 Å². The highest BCUT2D eigenvalue weighted by atomic mass is 32.2. The van der Waals surface area contributed by atoms with Crippen molar-refractivity contribution < 1.29 is 23.5 Å². The van der Waals surface area contributed by atoms with Crippen molar-refractivity contribution in [3.8, 4) is 5.75 Å². The number of rotatable bonds is 5. The number of hydrogen-bond acceptors (Lipinski definition) is 5. The smallest absolute Gasteiger partial charge is 0.338 e. The van der Waals surface area contributed by atoms with Crippen LogP contribution < -0.4 is 4.74 Å². The van der Waals surface area contributed by atoms with Crippen molar-refractivity contribution in [2.45, 2.75) is 12.3 Å². The summed E-state index contributed by atoms with van der Waals surface area (Å²) >= 11 is 1.49. The lowest BCUT2D eigenvalue weighted by molar-refractivity contribution is -0.134. The van der Waals surface area contributed by atoms with Gasteiger partial charge < -0.3 is 14.4 Å². The fraction of sp³-hybridized carbons (Fsp3) is 0.300. The summed E-state index contributed by atoms with van der Waals surface area (Å²) in [5.41, 5.74) is 1.67. The van der Waals surface area contributed by atoms with Crippen molar-refractivity contribution in [1.29, 1.82) is 0 Å². The SMILES string of the molecule is COc1cc(C(=O)OCC(=O)N2CCS[C@@H]2c2ccccc2F)ccc1C. The molecular formula is C20H20FNO4S. The average molecular weight is 389 g/mol. The number of nitrogens with zero attached hydrogens (tertiary/aromatic N) is 1. The first-order valence-corrected chi connectivity index (χ1v) is 9.53. The molecule has 3 rings (SSSR count). The van der Waals surface area contributed by atoms with Crippen LogP contribution in [0.15, 0.2) is 42.5 Å². The molecule has 5 nitrogen and oxygen atoms in total. The summed E-state index contributed by atoms with van der Waals surface area (Å²) in [6.45, 7) is 1.96. The molecule has 0 unspecified atom stereocenters. The molecule has 0 saturated carbocycles. The van der Waals surface area contributed by atoms with Crippen LogP contribution in [0, 0.1) is 12.7 Å². The summed E-state index contributed by atoms with van der Waals surface area (Å²) in [5.74, 6) is -0.0187. The van der Waals surface area contributed by atoms with Gasteiger partial charge in [-0.1, -0.05) is 24.3 Å². The summed E-state index contributed by atoms with van der Waals surface area (Å²) < 4.78 is 24.4. The third-order valence-corrected chi connectivity index (χ3v) is 5.60. The van der Waals surface area contributed by atoms with Crippen molar-refractivity contribution >= 4 is 23.6 Å². The zero-order valence-corrected chi connectivity index (χ0v) is 15.9. The Balaban J connectivity index is 1.65.